The highest BCUT2D eigenvalue weighted by molar-refractivity contribution is 5.76. The Hall–Kier alpha value is -1.20. The molecule has 0 radical (unpaired) electrons. The molecule has 6 heteroatoms. The van der Waals surface area contributed by atoms with Gasteiger partial charge in [0.2, 0.25) is 0 Å². The van der Waals surface area contributed by atoms with Crippen LogP contribution < -0.4 is 5.11 Å². The van der Waals surface area contributed by atoms with E-state index in [1.807, 2.05) is 0 Å². The number of aliphatic carboxylic acids is 1. The number of carbonyl (C=O) groups is 2. The third-order valence-corrected chi connectivity index (χ3v) is 1.41. The molecule has 0 N–H and O–H groups in total. The summed E-state index contributed by atoms with van der Waals surface area (Å²) < 4.78 is 29.6. The zero-order valence-electron chi connectivity index (χ0n) is 7.39. The third kappa shape index (κ3) is 2.37. The highest BCUT2D eigenvalue weighted by Crippen LogP contribution is 2.31. The zero-order chi connectivity index (χ0) is 10.9. The van der Waals surface area contributed by atoms with E-state index in [0.717, 1.165) is 20.8 Å². The predicted octanol–water partition coefficient (Wildman–Crippen LogP) is -0.287. The Kier molecular flexibility index (Phi) is 2.97. The molecule has 13 heavy (non-hydrogen) atoms. The average molecular weight is 195 g/mol. The molecule has 0 aromatic carbocycles. The number of carbonyl (C=O) groups excluding carboxylic acids is 2. The van der Waals surface area contributed by atoms with Crippen molar-refractivity contribution in [3.05, 3.63) is 0 Å². The van der Waals surface area contributed by atoms with Gasteiger partial charge in [-0.25, -0.2) is 0 Å². The van der Waals surface area contributed by atoms with Crippen LogP contribution in [0.3, 0.4) is 0 Å². The Morgan fingerprint density at radius 1 is 1.31 bits per heavy atom. The SMILES string of the molecule is CC(=O)OC(C)(C)C(F)(F)C(=O)[O-]. The molecule has 0 spiro atoms. The molecular formula is C7H9F2O4-. The second-order valence-electron chi connectivity index (χ2n) is 2.97. The fraction of sp³-hybridized carbons (Fsp3) is 0.714. The molecular weight excluding hydrogens is 186 g/mol. The fourth-order valence-corrected chi connectivity index (χ4v) is 0.669. The zero-order valence-corrected chi connectivity index (χ0v) is 7.39. The van der Waals surface area contributed by atoms with Crippen LogP contribution in [0.5, 0.6) is 0 Å². The number of carboxylic acids is 1. The lowest BCUT2D eigenvalue weighted by Gasteiger charge is -2.33. The van der Waals surface area contributed by atoms with Gasteiger partial charge in [0.1, 0.15) is 5.97 Å². The quantitative estimate of drug-likeness (QED) is 0.580. The Bertz CT molecular complexity index is 235. The van der Waals surface area contributed by atoms with Crippen molar-refractivity contribution >= 4 is 11.9 Å². The first-order chi connectivity index (χ1) is 5.61. The van der Waals surface area contributed by atoms with Gasteiger partial charge in [0.25, 0.3) is 0 Å². The average Bonchev–Trinajstić information content (AvgIpc) is 1.83. The highest BCUT2D eigenvalue weighted by atomic mass is 19.3. The number of hydrogen-bond donors (Lipinski definition) is 0. The van der Waals surface area contributed by atoms with E-state index < -0.39 is 23.5 Å². The van der Waals surface area contributed by atoms with Crippen molar-refractivity contribution in [3.8, 4) is 0 Å². The lowest BCUT2D eigenvalue weighted by molar-refractivity contribution is -0.342. The molecule has 0 bridgehead atoms. The van der Waals surface area contributed by atoms with Crippen molar-refractivity contribution < 1.29 is 28.2 Å². The Labute approximate surface area is 73.5 Å². The van der Waals surface area contributed by atoms with Crippen LogP contribution in [0.4, 0.5) is 8.78 Å². The Morgan fingerprint density at radius 3 is 1.92 bits per heavy atom. The molecule has 0 rings (SSSR count). The molecule has 0 aliphatic heterocycles. The van der Waals surface area contributed by atoms with Gasteiger partial charge in [0, 0.05) is 6.92 Å². The van der Waals surface area contributed by atoms with Crippen molar-refractivity contribution in [2.24, 2.45) is 0 Å². The molecule has 0 aliphatic rings. The number of esters is 1. The molecule has 0 aromatic heterocycles. The van der Waals surface area contributed by atoms with E-state index in [9.17, 15) is 23.5 Å². The van der Waals surface area contributed by atoms with Crippen LogP contribution in [0, 0.1) is 0 Å². The van der Waals surface area contributed by atoms with Crippen LogP contribution in [0.15, 0.2) is 0 Å². The third-order valence-electron chi connectivity index (χ3n) is 1.41. The van der Waals surface area contributed by atoms with Gasteiger partial charge in [-0.2, -0.15) is 8.78 Å². The number of alkyl halides is 2. The van der Waals surface area contributed by atoms with Crippen LogP contribution in [0.25, 0.3) is 0 Å². The normalized spacial score (nSPS) is 12.4. The first-order valence-electron chi connectivity index (χ1n) is 3.40. The first-order valence-corrected chi connectivity index (χ1v) is 3.40. The summed E-state index contributed by atoms with van der Waals surface area (Å²) in [6.07, 6.45) is 0. The summed E-state index contributed by atoms with van der Waals surface area (Å²) in [5, 5.41) is 10.00. The van der Waals surface area contributed by atoms with Gasteiger partial charge >= 0.3 is 11.9 Å². The Morgan fingerprint density at radius 2 is 1.69 bits per heavy atom. The molecule has 0 aromatic rings. The molecule has 76 valence electrons. The van der Waals surface area contributed by atoms with Crippen molar-refractivity contribution in [3.63, 3.8) is 0 Å². The maximum atomic E-state index is 12.7. The summed E-state index contributed by atoms with van der Waals surface area (Å²) in [6.45, 7) is 2.50. The minimum atomic E-state index is -4.21. The smallest absolute Gasteiger partial charge is 0.325 e. The molecule has 0 aliphatic carbocycles. The number of halogens is 2. The summed E-state index contributed by atoms with van der Waals surface area (Å²) in [4.78, 5) is 20.4. The van der Waals surface area contributed by atoms with Gasteiger partial charge in [0.15, 0.2) is 5.60 Å². The van der Waals surface area contributed by atoms with Gasteiger partial charge in [-0.1, -0.05) is 0 Å². The largest absolute Gasteiger partial charge is 0.544 e. The highest BCUT2D eigenvalue weighted by Gasteiger charge is 2.51. The first kappa shape index (κ1) is 11.8. The van der Waals surface area contributed by atoms with Gasteiger partial charge in [0.05, 0.1) is 0 Å². The van der Waals surface area contributed by atoms with Crippen LogP contribution in [0.1, 0.15) is 20.8 Å². The second kappa shape index (κ2) is 3.27. The van der Waals surface area contributed by atoms with E-state index in [-0.39, 0.29) is 0 Å². The molecule has 0 unspecified atom stereocenters. The summed E-state index contributed by atoms with van der Waals surface area (Å²) in [5.74, 6) is -7.76. The number of hydrogen-bond acceptors (Lipinski definition) is 4. The van der Waals surface area contributed by atoms with Crippen molar-refractivity contribution in [1.29, 1.82) is 0 Å². The molecule has 0 saturated carbocycles. The summed E-state index contributed by atoms with van der Waals surface area (Å²) in [6, 6.07) is 0. The number of carboxylic acid groups (broad SMARTS) is 1. The van der Waals surface area contributed by atoms with Crippen LogP contribution in [0.2, 0.25) is 0 Å². The van der Waals surface area contributed by atoms with E-state index in [1.54, 1.807) is 0 Å². The molecule has 0 fully saturated rings. The monoisotopic (exact) mass is 195 g/mol. The van der Waals surface area contributed by atoms with E-state index in [2.05, 4.69) is 4.74 Å². The summed E-state index contributed by atoms with van der Waals surface area (Å²) >= 11 is 0. The van der Waals surface area contributed by atoms with Crippen LogP contribution in [-0.4, -0.2) is 23.5 Å². The molecule has 4 nitrogen and oxygen atoms in total. The van der Waals surface area contributed by atoms with E-state index >= 15 is 0 Å². The maximum Gasteiger partial charge on any atom is 0.325 e. The molecule has 0 saturated heterocycles. The standard InChI is InChI=1S/C7H10F2O4/c1-4(10)13-6(2,3)7(8,9)5(11)12/h1-3H3,(H,11,12)/p-1. The van der Waals surface area contributed by atoms with Crippen molar-refractivity contribution in [2.75, 3.05) is 0 Å². The molecule has 0 heterocycles. The van der Waals surface area contributed by atoms with Gasteiger partial charge < -0.3 is 14.6 Å². The van der Waals surface area contributed by atoms with Gasteiger partial charge in [-0.3, -0.25) is 4.79 Å². The van der Waals surface area contributed by atoms with E-state index in [4.69, 9.17) is 0 Å². The van der Waals surface area contributed by atoms with E-state index in [0.29, 0.717) is 0 Å². The Balaban J connectivity index is 4.80. The number of rotatable bonds is 3. The number of ether oxygens (including phenoxy) is 1. The van der Waals surface area contributed by atoms with Gasteiger partial charge in [-0.05, 0) is 13.8 Å². The summed E-state index contributed by atoms with van der Waals surface area (Å²) in [7, 11) is 0. The lowest BCUT2D eigenvalue weighted by Crippen LogP contribution is -2.57. The van der Waals surface area contributed by atoms with Crippen molar-refractivity contribution in [1.82, 2.24) is 0 Å². The second-order valence-corrected chi connectivity index (χ2v) is 2.97. The summed E-state index contributed by atoms with van der Waals surface area (Å²) in [5.41, 5.74) is -2.41. The minimum absolute atomic E-state index is 0.796. The van der Waals surface area contributed by atoms with Crippen molar-refractivity contribution in [2.45, 2.75) is 32.3 Å². The molecule has 0 atom stereocenters. The van der Waals surface area contributed by atoms with E-state index in [1.165, 1.54) is 0 Å². The van der Waals surface area contributed by atoms with Crippen LogP contribution >= 0.6 is 0 Å². The minimum Gasteiger partial charge on any atom is -0.544 e. The van der Waals surface area contributed by atoms with Crippen LogP contribution in [-0.2, 0) is 14.3 Å². The lowest BCUT2D eigenvalue weighted by atomic mass is 10.0. The predicted molar refractivity (Wildman–Crippen MR) is 35.8 cm³/mol. The molecule has 0 amide bonds. The fourth-order valence-electron chi connectivity index (χ4n) is 0.669. The topological polar surface area (TPSA) is 66.4 Å². The van der Waals surface area contributed by atoms with Gasteiger partial charge in [-0.15, -0.1) is 0 Å². The maximum absolute atomic E-state index is 12.7.